The summed E-state index contributed by atoms with van der Waals surface area (Å²) in [5.41, 5.74) is 3.34. The highest BCUT2D eigenvalue weighted by Crippen LogP contribution is 2.21. The van der Waals surface area contributed by atoms with Crippen molar-refractivity contribution in [3.63, 3.8) is 0 Å². The minimum atomic E-state index is -1.30. The number of amides is 4. The number of aliphatic carboxylic acids is 1. The molecule has 0 saturated heterocycles. The molecule has 4 unspecified atom stereocenters. The Morgan fingerprint density at radius 3 is 1.74 bits per heavy atom. The molecule has 2 aliphatic rings. The summed E-state index contributed by atoms with van der Waals surface area (Å²) >= 11 is 2.83. The number of benzene rings is 3. The highest BCUT2D eigenvalue weighted by molar-refractivity contribution is 7.10. The molecule has 2 aromatic heterocycles. The average Bonchev–Trinajstić information content (AvgIpc) is 3.88. The molecule has 0 spiro atoms. The normalized spacial score (nSPS) is 20.1. The number of carboxylic acids is 1. The van der Waals surface area contributed by atoms with E-state index in [4.69, 9.17) is 4.74 Å². The van der Waals surface area contributed by atoms with Crippen molar-refractivity contribution in [3.05, 3.63) is 135 Å². The lowest BCUT2D eigenvalue weighted by Crippen LogP contribution is -2.59. The number of hydrogen-bond donors (Lipinski definition) is 5. The van der Waals surface area contributed by atoms with Crippen molar-refractivity contribution in [2.45, 2.75) is 49.9 Å². The van der Waals surface area contributed by atoms with E-state index in [1.807, 2.05) is 89.6 Å². The number of hydrogen-bond acceptors (Lipinski definition) is 8. The molecule has 13 heteroatoms. The second kappa shape index (κ2) is 17.6. The number of rotatable bonds is 8. The standard InChI is InChI=1S/C40H38N4O7S2/c45-36-24-51-29-16-12-26(13-17-29)21-35(40(49)50)44-39(48)34(23-31-9-5-19-53-31)43-37(46)32(42-38(47)33(41-36)22-30-8-4-18-52-30)20-25-10-14-28(15-11-25)27-6-2-1-3-7-27/h1-19,32-35H,20-24H2,(H,41,45)(H,42,47)(H,43,46)(H,44,48)(H,49,50). The van der Waals surface area contributed by atoms with Crippen LogP contribution >= 0.6 is 22.7 Å². The lowest BCUT2D eigenvalue weighted by atomic mass is 9.99. The molecule has 0 aliphatic carbocycles. The second-order valence-corrected chi connectivity index (χ2v) is 14.7. The Balaban J connectivity index is 1.33. The van der Waals surface area contributed by atoms with E-state index in [1.165, 1.54) is 22.7 Å². The fourth-order valence-corrected chi connectivity index (χ4v) is 7.45. The van der Waals surface area contributed by atoms with E-state index in [1.54, 1.807) is 24.3 Å². The van der Waals surface area contributed by atoms with E-state index in [0.29, 0.717) is 11.3 Å². The van der Waals surface area contributed by atoms with Crippen LogP contribution in [0.25, 0.3) is 11.1 Å². The molecule has 2 bridgehead atoms. The Morgan fingerprint density at radius 2 is 1.17 bits per heavy atom. The van der Waals surface area contributed by atoms with Gasteiger partial charge in [-0.3, -0.25) is 19.2 Å². The van der Waals surface area contributed by atoms with Gasteiger partial charge in [-0.05, 0) is 57.3 Å². The van der Waals surface area contributed by atoms with E-state index in [0.717, 1.165) is 26.4 Å². The average molecular weight is 751 g/mol. The largest absolute Gasteiger partial charge is 0.484 e. The van der Waals surface area contributed by atoms with Gasteiger partial charge in [0.2, 0.25) is 17.7 Å². The number of fused-ring (bicyclic) bond motifs is 16. The van der Waals surface area contributed by atoms with Crippen LogP contribution in [-0.4, -0.2) is 65.5 Å². The van der Waals surface area contributed by atoms with Gasteiger partial charge in [0.15, 0.2) is 6.61 Å². The van der Waals surface area contributed by atoms with Crippen molar-refractivity contribution in [2.24, 2.45) is 0 Å². The zero-order valence-electron chi connectivity index (χ0n) is 28.5. The molecule has 2 aliphatic heterocycles. The maximum absolute atomic E-state index is 14.2. The summed E-state index contributed by atoms with van der Waals surface area (Å²) in [6.07, 6.45) is 0.291. The van der Waals surface area contributed by atoms with Crippen molar-refractivity contribution >= 4 is 52.3 Å². The molecule has 7 rings (SSSR count). The number of ether oxygens (including phenoxy) is 1. The SMILES string of the molecule is O=C1COc2ccc(cc2)CC(C(=O)O)NC(=O)C(Cc2cccs2)NC(=O)C(Cc2ccc(-c3ccccc3)cc2)NC(=O)C(Cc2cccs2)N1. The minimum Gasteiger partial charge on any atom is -0.484 e. The van der Waals surface area contributed by atoms with Gasteiger partial charge in [-0.1, -0.05) is 78.9 Å². The first-order valence-corrected chi connectivity index (χ1v) is 18.8. The van der Waals surface area contributed by atoms with E-state index in [2.05, 4.69) is 21.3 Å². The topological polar surface area (TPSA) is 163 Å². The molecule has 4 heterocycles. The van der Waals surface area contributed by atoms with E-state index in [9.17, 15) is 29.1 Å². The van der Waals surface area contributed by atoms with Crippen molar-refractivity contribution < 1.29 is 33.8 Å². The molecular formula is C40H38N4O7S2. The summed E-state index contributed by atoms with van der Waals surface area (Å²) in [4.78, 5) is 69.2. The molecule has 0 fully saturated rings. The number of thiophene rings is 2. The number of carboxylic acid groups (broad SMARTS) is 1. The van der Waals surface area contributed by atoms with Crippen LogP contribution in [0.4, 0.5) is 0 Å². The fourth-order valence-electron chi connectivity index (χ4n) is 5.95. The first kappa shape index (κ1) is 37.0. The van der Waals surface area contributed by atoms with Crippen LogP contribution in [-0.2, 0) is 49.7 Å². The zero-order chi connectivity index (χ0) is 37.2. The highest BCUT2D eigenvalue weighted by atomic mass is 32.1. The van der Waals surface area contributed by atoms with Crippen molar-refractivity contribution in [2.75, 3.05) is 6.61 Å². The van der Waals surface area contributed by atoms with Gasteiger partial charge in [-0.15, -0.1) is 22.7 Å². The van der Waals surface area contributed by atoms with Gasteiger partial charge in [0, 0.05) is 35.4 Å². The summed E-state index contributed by atoms with van der Waals surface area (Å²) in [6.45, 7) is -0.385. The van der Waals surface area contributed by atoms with Crippen LogP contribution in [0.15, 0.2) is 114 Å². The van der Waals surface area contributed by atoms with Gasteiger partial charge in [0.05, 0.1) is 0 Å². The summed E-state index contributed by atoms with van der Waals surface area (Å²) < 4.78 is 5.68. The summed E-state index contributed by atoms with van der Waals surface area (Å²) in [6, 6.07) is 26.6. The summed E-state index contributed by atoms with van der Waals surface area (Å²) in [7, 11) is 0. The minimum absolute atomic E-state index is 0.0381. The monoisotopic (exact) mass is 750 g/mol. The predicted molar refractivity (Wildman–Crippen MR) is 203 cm³/mol. The molecule has 11 nitrogen and oxygen atoms in total. The van der Waals surface area contributed by atoms with Gasteiger partial charge in [0.25, 0.3) is 5.91 Å². The molecule has 5 aromatic rings. The molecule has 0 saturated carbocycles. The van der Waals surface area contributed by atoms with Crippen molar-refractivity contribution in [1.82, 2.24) is 21.3 Å². The second-order valence-electron chi connectivity index (χ2n) is 12.6. The Hall–Kier alpha value is -5.79. The Bertz CT molecular complexity index is 2000. The van der Waals surface area contributed by atoms with Crippen LogP contribution < -0.4 is 26.0 Å². The van der Waals surface area contributed by atoms with Gasteiger partial charge < -0.3 is 31.1 Å². The maximum Gasteiger partial charge on any atom is 0.326 e. The third kappa shape index (κ3) is 10.4. The quantitative estimate of drug-likeness (QED) is 0.149. The fraction of sp³-hybridized carbons (Fsp3) is 0.225. The molecule has 272 valence electrons. The lowest BCUT2D eigenvalue weighted by Gasteiger charge is -2.26. The Labute approximate surface area is 314 Å². The molecule has 5 N–H and O–H groups in total. The van der Waals surface area contributed by atoms with Crippen LogP contribution in [0.5, 0.6) is 5.75 Å². The highest BCUT2D eigenvalue weighted by Gasteiger charge is 2.32. The smallest absolute Gasteiger partial charge is 0.326 e. The van der Waals surface area contributed by atoms with E-state index in [-0.39, 0.29) is 32.3 Å². The van der Waals surface area contributed by atoms with Gasteiger partial charge >= 0.3 is 5.97 Å². The van der Waals surface area contributed by atoms with Crippen LogP contribution in [0, 0.1) is 0 Å². The van der Waals surface area contributed by atoms with Crippen LogP contribution in [0.3, 0.4) is 0 Å². The number of carbonyl (C=O) groups is 5. The van der Waals surface area contributed by atoms with E-state index < -0.39 is 53.8 Å². The summed E-state index contributed by atoms with van der Waals surface area (Å²) in [5.74, 6) is -3.35. The molecule has 0 radical (unpaired) electrons. The van der Waals surface area contributed by atoms with Crippen molar-refractivity contribution in [1.29, 1.82) is 0 Å². The first-order valence-electron chi connectivity index (χ1n) is 17.0. The maximum atomic E-state index is 14.2. The summed E-state index contributed by atoms with van der Waals surface area (Å²) in [5, 5.41) is 24.8. The van der Waals surface area contributed by atoms with Crippen LogP contribution in [0.1, 0.15) is 20.9 Å². The third-order valence-electron chi connectivity index (χ3n) is 8.74. The van der Waals surface area contributed by atoms with Crippen molar-refractivity contribution in [3.8, 4) is 16.9 Å². The predicted octanol–water partition coefficient (Wildman–Crippen LogP) is 4.16. The molecular weight excluding hydrogens is 713 g/mol. The lowest BCUT2D eigenvalue weighted by molar-refractivity contribution is -0.142. The number of nitrogens with one attached hydrogen (secondary N) is 4. The number of carbonyl (C=O) groups excluding carboxylic acids is 4. The zero-order valence-corrected chi connectivity index (χ0v) is 30.2. The molecule has 3 aromatic carbocycles. The molecule has 4 atom stereocenters. The first-order chi connectivity index (χ1) is 25.7. The Morgan fingerprint density at radius 1 is 0.623 bits per heavy atom. The van der Waals surface area contributed by atoms with Gasteiger partial charge in [-0.25, -0.2) is 4.79 Å². The van der Waals surface area contributed by atoms with Gasteiger partial charge in [0.1, 0.15) is 29.9 Å². The van der Waals surface area contributed by atoms with Gasteiger partial charge in [-0.2, -0.15) is 0 Å². The molecule has 53 heavy (non-hydrogen) atoms. The Kier molecular flexibility index (Phi) is 12.3. The van der Waals surface area contributed by atoms with E-state index >= 15 is 0 Å². The van der Waals surface area contributed by atoms with Crippen LogP contribution in [0.2, 0.25) is 0 Å². The third-order valence-corrected chi connectivity index (χ3v) is 10.5. The molecule has 4 amide bonds.